The lowest BCUT2D eigenvalue weighted by Gasteiger charge is -2.07. The van der Waals surface area contributed by atoms with Crippen LogP contribution in [0.25, 0.3) is 10.8 Å². The minimum Gasteiger partial charge on any atom is -0.356 e. The highest BCUT2D eigenvalue weighted by molar-refractivity contribution is 6.09. The van der Waals surface area contributed by atoms with E-state index in [1.54, 1.807) is 12.3 Å². The van der Waals surface area contributed by atoms with Crippen molar-refractivity contribution in [2.24, 2.45) is 0 Å². The van der Waals surface area contributed by atoms with E-state index < -0.39 is 0 Å². The van der Waals surface area contributed by atoms with E-state index in [1.165, 1.54) is 6.92 Å². The number of benzene rings is 2. The number of hydrogen-bond donors (Lipinski definition) is 2. The molecule has 21 heavy (non-hydrogen) atoms. The summed E-state index contributed by atoms with van der Waals surface area (Å²) in [6.07, 6.45) is 1.54. The van der Waals surface area contributed by atoms with Gasteiger partial charge in [0.2, 0.25) is 0 Å². The number of nitrogens with one attached hydrogen (secondary N) is 2. The zero-order chi connectivity index (χ0) is 14.8. The summed E-state index contributed by atoms with van der Waals surface area (Å²) in [6.45, 7) is 1.47. The molecule has 1 aromatic heterocycles. The Morgan fingerprint density at radius 1 is 1.05 bits per heavy atom. The van der Waals surface area contributed by atoms with Crippen LogP contribution in [-0.4, -0.2) is 16.7 Å². The van der Waals surface area contributed by atoms with Gasteiger partial charge in [0.15, 0.2) is 5.78 Å². The summed E-state index contributed by atoms with van der Waals surface area (Å²) >= 11 is 0. The molecule has 4 heteroatoms. The van der Waals surface area contributed by atoms with Gasteiger partial charge in [-0.25, -0.2) is 0 Å². The average molecular weight is 278 g/mol. The zero-order valence-electron chi connectivity index (χ0n) is 11.5. The van der Waals surface area contributed by atoms with Crippen LogP contribution in [0.1, 0.15) is 27.8 Å². The van der Waals surface area contributed by atoms with Gasteiger partial charge in [-0.15, -0.1) is 0 Å². The van der Waals surface area contributed by atoms with Crippen LogP contribution in [-0.2, 0) is 0 Å². The van der Waals surface area contributed by atoms with Crippen molar-refractivity contribution in [2.75, 3.05) is 5.32 Å². The molecular weight excluding hydrogens is 264 g/mol. The molecule has 0 atom stereocenters. The smallest absolute Gasteiger partial charge is 0.272 e. The zero-order valence-corrected chi connectivity index (χ0v) is 11.5. The van der Waals surface area contributed by atoms with E-state index in [1.807, 2.05) is 42.5 Å². The molecule has 0 aliphatic carbocycles. The maximum atomic E-state index is 12.2. The summed E-state index contributed by atoms with van der Waals surface area (Å²) in [5, 5.41) is 4.91. The van der Waals surface area contributed by atoms with Gasteiger partial charge in [-0.05, 0) is 24.4 Å². The lowest BCUT2D eigenvalue weighted by Crippen LogP contribution is -2.12. The van der Waals surface area contributed by atoms with Gasteiger partial charge in [-0.2, -0.15) is 0 Å². The molecule has 1 heterocycles. The van der Waals surface area contributed by atoms with E-state index in [0.717, 1.165) is 16.5 Å². The van der Waals surface area contributed by atoms with Crippen LogP contribution in [0.5, 0.6) is 0 Å². The van der Waals surface area contributed by atoms with Crippen molar-refractivity contribution in [3.63, 3.8) is 0 Å². The quantitative estimate of drug-likeness (QED) is 0.719. The Morgan fingerprint density at radius 3 is 2.57 bits per heavy atom. The maximum Gasteiger partial charge on any atom is 0.272 e. The summed E-state index contributed by atoms with van der Waals surface area (Å²) < 4.78 is 0. The number of ketones is 1. The predicted octanol–water partition coefficient (Wildman–Crippen LogP) is 3.62. The Morgan fingerprint density at radius 2 is 1.81 bits per heavy atom. The number of rotatable bonds is 3. The first-order chi connectivity index (χ1) is 10.1. The van der Waals surface area contributed by atoms with Gasteiger partial charge in [0.05, 0.1) is 0 Å². The van der Waals surface area contributed by atoms with Crippen molar-refractivity contribution in [3.05, 3.63) is 66.0 Å². The van der Waals surface area contributed by atoms with Crippen LogP contribution in [0.3, 0.4) is 0 Å². The van der Waals surface area contributed by atoms with Crippen LogP contribution in [0.2, 0.25) is 0 Å². The monoisotopic (exact) mass is 278 g/mol. The van der Waals surface area contributed by atoms with E-state index in [-0.39, 0.29) is 11.7 Å². The predicted molar refractivity (Wildman–Crippen MR) is 82.7 cm³/mol. The number of hydrogen-bond acceptors (Lipinski definition) is 2. The molecule has 104 valence electrons. The standard InChI is InChI=1S/C17H14N2O2/c1-11(20)13-9-16(18-10-13)17(21)19-15-8-4-6-12-5-2-3-7-14(12)15/h2-10,18H,1H3,(H,19,21). The number of aromatic amines is 1. The SMILES string of the molecule is CC(=O)c1c[nH]c(C(=O)Nc2cccc3ccccc23)c1. The molecule has 2 N–H and O–H groups in total. The molecule has 0 aliphatic heterocycles. The number of anilines is 1. The fraction of sp³-hybridized carbons (Fsp3) is 0.0588. The number of carbonyl (C=O) groups excluding carboxylic acids is 2. The Balaban J connectivity index is 1.91. The number of amides is 1. The Bertz CT molecular complexity index is 828. The van der Waals surface area contributed by atoms with Crippen LogP contribution < -0.4 is 5.32 Å². The van der Waals surface area contributed by atoms with Crippen molar-refractivity contribution in [1.29, 1.82) is 0 Å². The number of H-pyrrole nitrogens is 1. The van der Waals surface area contributed by atoms with E-state index >= 15 is 0 Å². The van der Waals surface area contributed by atoms with Gasteiger partial charge in [-0.1, -0.05) is 36.4 Å². The number of aromatic nitrogens is 1. The van der Waals surface area contributed by atoms with Crippen LogP contribution in [0, 0.1) is 0 Å². The molecule has 0 fully saturated rings. The first-order valence-electron chi connectivity index (χ1n) is 6.63. The molecule has 0 saturated carbocycles. The fourth-order valence-corrected chi connectivity index (χ4v) is 2.25. The van der Waals surface area contributed by atoms with Crippen LogP contribution in [0.15, 0.2) is 54.7 Å². The van der Waals surface area contributed by atoms with Gasteiger partial charge in [-0.3, -0.25) is 9.59 Å². The van der Waals surface area contributed by atoms with Crippen molar-refractivity contribution in [3.8, 4) is 0 Å². The molecule has 0 unspecified atom stereocenters. The summed E-state index contributed by atoms with van der Waals surface area (Å²) in [6, 6.07) is 15.1. The fourth-order valence-electron chi connectivity index (χ4n) is 2.25. The lowest BCUT2D eigenvalue weighted by molar-refractivity contribution is 0.101. The summed E-state index contributed by atoms with van der Waals surface area (Å²) in [5.74, 6) is -0.339. The van der Waals surface area contributed by atoms with Crippen molar-refractivity contribution in [2.45, 2.75) is 6.92 Å². The lowest BCUT2D eigenvalue weighted by atomic mass is 10.1. The topological polar surface area (TPSA) is 62.0 Å². The molecule has 0 radical (unpaired) electrons. The molecule has 3 rings (SSSR count). The third-order valence-corrected chi connectivity index (χ3v) is 3.37. The number of carbonyl (C=O) groups is 2. The maximum absolute atomic E-state index is 12.2. The average Bonchev–Trinajstić information content (AvgIpc) is 2.98. The van der Waals surface area contributed by atoms with Gasteiger partial charge in [0.1, 0.15) is 5.69 Å². The molecule has 0 bridgehead atoms. The third kappa shape index (κ3) is 2.56. The van der Waals surface area contributed by atoms with E-state index in [0.29, 0.717) is 11.3 Å². The highest BCUT2D eigenvalue weighted by Crippen LogP contribution is 2.23. The first kappa shape index (κ1) is 13.1. The van der Waals surface area contributed by atoms with Gasteiger partial charge < -0.3 is 10.3 Å². The molecule has 2 aromatic carbocycles. The third-order valence-electron chi connectivity index (χ3n) is 3.37. The number of fused-ring (bicyclic) bond motifs is 1. The summed E-state index contributed by atoms with van der Waals surface area (Å²) in [4.78, 5) is 26.3. The highest BCUT2D eigenvalue weighted by atomic mass is 16.2. The van der Waals surface area contributed by atoms with Crippen molar-refractivity contribution in [1.82, 2.24) is 4.98 Å². The number of Topliss-reactive ketones (excluding diaryl/α,β-unsaturated/α-hetero) is 1. The van der Waals surface area contributed by atoms with E-state index in [2.05, 4.69) is 10.3 Å². The second-order valence-electron chi connectivity index (χ2n) is 4.84. The van der Waals surface area contributed by atoms with Gasteiger partial charge in [0.25, 0.3) is 5.91 Å². The Kier molecular flexibility index (Phi) is 3.28. The molecule has 0 aliphatic rings. The van der Waals surface area contributed by atoms with Gasteiger partial charge in [0, 0.05) is 22.8 Å². The van der Waals surface area contributed by atoms with E-state index in [9.17, 15) is 9.59 Å². The Labute approximate surface area is 121 Å². The van der Waals surface area contributed by atoms with Crippen LogP contribution >= 0.6 is 0 Å². The molecule has 3 aromatic rings. The van der Waals surface area contributed by atoms with Gasteiger partial charge >= 0.3 is 0 Å². The molecular formula is C17H14N2O2. The summed E-state index contributed by atoms with van der Waals surface area (Å²) in [7, 11) is 0. The molecule has 0 spiro atoms. The molecule has 4 nitrogen and oxygen atoms in total. The first-order valence-corrected chi connectivity index (χ1v) is 6.63. The largest absolute Gasteiger partial charge is 0.356 e. The minimum absolute atomic E-state index is 0.0736. The normalized spacial score (nSPS) is 10.5. The van der Waals surface area contributed by atoms with E-state index in [4.69, 9.17) is 0 Å². The summed E-state index contributed by atoms with van der Waals surface area (Å²) in [5.41, 5.74) is 1.61. The van der Waals surface area contributed by atoms with Crippen LogP contribution in [0.4, 0.5) is 5.69 Å². The highest BCUT2D eigenvalue weighted by Gasteiger charge is 2.12. The van der Waals surface area contributed by atoms with Crippen molar-refractivity contribution >= 4 is 28.2 Å². The van der Waals surface area contributed by atoms with Crippen molar-refractivity contribution < 1.29 is 9.59 Å². The second-order valence-corrected chi connectivity index (χ2v) is 4.84. The molecule has 0 saturated heterocycles. The Hall–Kier alpha value is -2.88. The second kappa shape index (κ2) is 5.25. The minimum atomic E-state index is -0.265. The molecule has 1 amide bonds.